The molecule has 1 aliphatic rings. The number of aliphatic imine (C=N–C) groups is 1. The fourth-order valence-electron chi connectivity index (χ4n) is 2.60. The van der Waals surface area contributed by atoms with Crippen LogP contribution in [0.3, 0.4) is 0 Å². The molecule has 0 radical (unpaired) electrons. The molecule has 8 nitrogen and oxygen atoms in total. The molecule has 0 saturated carbocycles. The summed E-state index contributed by atoms with van der Waals surface area (Å²) in [5, 5.41) is 6.31. The van der Waals surface area contributed by atoms with E-state index >= 15 is 0 Å². The fourth-order valence-corrected chi connectivity index (χ4v) is 2.60. The Hall–Kier alpha value is -2.35. The van der Waals surface area contributed by atoms with Gasteiger partial charge in [0.2, 0.25) is 11.8 Å². The topological polar surface area (TPSA) is 96.2 Å². The van der Waals surface area contributed by atoms with Gasteiger partial charge in [0.1, 0.15) is 12.4 Å². The van der Waals surface area contributed by atoms with E-state index < -0.39 is 0 Å². The van der Waals surface area contributed by atoms with Crippen molar-refractivity contribution in [1.29, 1.82) is 0 Å². The van der Waals surface area contributed by atoms with Gasteiger partial charge in [0, 0.05) is 45.6 Å². The van der Waals surface area contributed by atoms with Gasteiger partial charge in [0.15, 0.2) is 5.96 Å². The molecule has 0 aromatic carbocycles. The van der Waals surface area contributed by atoms with Gasteiger partial charge in [-0.15, -0.1) is 0 Å². The average Bonchev–Trinajstić information content (AvgIpc) is 3.13. The van der Waals surface area contributed by atoms with Crippen LogP contribution in [0.25, 0.3) is 0 Å². The number of carbonyl (C=O) groups excluding carboxylic acids is 2. The number of piperidine rings is 1. The zero-order chi connectivity index (χ0) is 18.6. The number of likely N-dealkylation sites (tertiary alicyclic amines) is 1. The minimum Gasteiger partial charge on any atom is -0.467 e. The number of ether oxygens (including phenoxy) is 1. The number of furan rings is 1. The minimum absolute atomic E-state index is 0.0845. The summed E-state index contributed by atoms with van der Waals surface area (Å²) >= 11 is 0. The van der Waals surface area contributed by atoms with E-state index in [0.29, 0.717) is 58.1 Å². The lowest BCUT2D eigenvalue weighted by atomic mass is 10.1. The van der Waals surface area contributed by atoms with Crippen molar-refractivity contribution in [3.63, 3.8) is 0 Å². The number of hydrogen-bond donors (Lipinski definition) is 2. The molecule has 1 aliphatic heterocycles. The summed E-state index contributed by atoms with van der Waals surface area (Å²) in [6.07, 6.45) is 3.99. The van der Waals surface area contributed by atoms with Gasteiger partial charge < -0.3 is 19.8 Å². The van der Waals surface area contributed by atoms with E-state index in [-0.39, 0.29) is 11.8 Å². The molecular formula is C18H28N4O4. The highest BCUT2D eigenvalue weighted by molar-refractivity contribution is 5.97. The van der Waals surface area contributed by atoms with Crippen molar-refractivity contribution >= 4 is 17.8 Å². The lowest BCUT2D eigenvalue weighted by molar-refractivity contribution is -0.147. The maximum atomic E-state index is 11.8. The van der Waals surface area contributed by atoms with E-state index in [2.05, 4.69) is 15.6 Å². The van der Waals surface area contributed by atoms with Gasteiger partial charge in [0.25, 0.3) is 0 Å². The van der Waals surface area contributed by atoms with Gasteiger partial charge in [-0.1, -0.05) is 0 Å². The molecule has 1 fully saturated rings. The Labute approximate surface area is 154 Å². The number of nitrogens with one attached hydrogen (secondary N) is 2. The second-order valence-electron chi connectivity index (χ2n) is 5.97. The molecule has 2 amide bonds. The molecule has 1 aromatic rings. The van der Waals surface area contributed by atoms with Crippen molar-refractivity contribution in [3.8, 4) is 0 Å². The summed E-state index contributed by atoms with van der Waals surface area (Å²) in [5.74, 6) is 1.32. The first-order chi connectivity index (χ1) is 12.7. The molecule has 2 rings (SSSR count). The molecule has 0 aliphatic carbocycles. The molecule has 26 heavy (non-hydrogen) atoms. The van der Waals surface area contributed by atoms with E-state index in [1.165, 1.54) is 4.90 Å². The van der Waals surface area contributed by atoms with Crippen LogP contribution in [0.2, 0.25) is 0 Å². The maximum absolute atomic E-state index is 11.8. The highest BCUT2D eigenvalue weighted by Crippen LogP contribution is 2.11. The smallest absolute Gasteiger partial charge is 0.229 e. The summed E-state index contributed by atoms with van der Waals surface area (Å²) < 4.78 is 10.7. The van der Waals surface area contributed by atoms with Crippen LogP contribution < -0.4 is 10.6 Å². The first-order valence-corrected chi connectivity index (χ1v) is 9.16. The van der Waals surface area contributed by atoms with Crippen molar-refractivity contribution in [1.82, 2.24) is 15.5 Å². The van der Waals surface area contributed by atoms with Gasteiger partial charge in [-0.3, -0.25) is 19.5 Å². The number of guanidine groups is 1. The summed E-state index contributed by atoms with van der Waals surface area (Å²) in [7, 11) is 0. The molecule has 1 saturated heterocycles. The van der Waals surface area contributed by atoms with E-state index in [0.717, 1.165) is 18.7 Å². The number of hydrogen-bond acceptors (Lipinski definition) is 5. The van der Waals surface area contributed by atoms with E-state index in [9.17, 15) is 9.59 Å². The van der Waals surface area contributed by atoms with Gasteiger partial charge in [-0.2, -0.15) is 0 Å². The van der Waals surface area contributed by atoms with Crippen LogP contribution in [0.5, 0.6) is 0 Å². The second-order valence-corrected chi connectivity index (χ2v) is 5.97. The molecule has 0 atom stereocenters. The molecule has 2 heterocycles. The zero-order valence-electron chi connectivity index (χ0n) is 15.3. The molecule has 1 aromatic heterocycles. The van der Waals surface area contributed by atoms with Crippen LogP contribution >= 0.6 is 0 Å². The van der Waals surface area contributed by atoms with Crippen LogP contribution in [0.15, 0.2) is 27.8 Å². The Balaban J connectivity index is 1.63. The molecular weight excluding hydrogens is 336 g/mol. The SMILES string of the molecule is CCNC(=NCCCOCc1ccco1)NCCN1C(=O)CCCC1=O. The third kappa shape index (κ3) is 6.87. The van der Waals surface area contributed by atoms with E-state index in [1.807, 2.05) is 19.1 Å². The predicted molar refractivity (Wildman–Crippen MR) is 97.5 cm³/mol. The maximum Gasteiger partial charge on any atom is 0.229 e. The quantitative estimate of drug-likeness (QED) is 0.281. The van der Waals surface area contributed by atoms with Crippen molar-refractivity contribution < 1.29 is 18.7 Å². The third-order valence-corrected chi connectivity index (χ3v) is 3.90. The standard InChI is InChI=1S/C18H28N4O4/c1-2-19-18(20-9-5-12-25-14-15-6-4-13-26-15)21-10-11-22-16(23)7-3-8-17(22)24/h4,6,13H,2-3,5,7-12,14H2,1H3,(H2,19,20,21). The number of imide groups is 1. The summed E-state index contributed by atoms with van der Waals surface area (Å²) in [5.41, 5.74) is 0. The second kappa shape index (κ2) is 11.3. The summed E-state index contributed by atoms with van der Waals surface area (Å²) in [6.45, 7) is 5.26. The molecule has 144 valence electrons. The number of carbonyl (C=O) groups is 2. The Morgan fingerprint density at radius 3 is 2.81 bits per heavy atom. The summed E-state index contributed by atoms with van der Waals surface area (Å²) in [4.78, 5) is 29.4. The predicted octanol–water partition coefficient (Wildman–Crippen LogP) is 1.28. The molecule has 8 heteroatoms. The van der Waals surface area contributed by atoms with Crippen molar-refractivity contribution in [2.75, 3.05) is 32.8 Å². The first kappa shape index (κ1) is 20.0. The number of nitrogens with zero attached hydrogens (tertiary/aromatic N) is 2. The van der Waals surface area contributed by atoms with Crippen LogP contribution in [-0.4, -0.2) is 55.5 Å². The van der Waals surface area contributed by atoms with Gasteiger partial charge in [-0.25, -0.2) is 0 Å². The molecule has 0 bridgehead atoms. The largest absolute Gasteiger partial charge is 0.467 e. The Kier molecular flexibility index (Phi) is 8.68. The van der Waals surface area contributed by atoms with Gasteiger partial charge in [-0.05, 0) is 31.9 Å². The number of rotatable bonds is 10. The molecule has 0 spiro atoms. The van der Waals surface area contributed by atoms with Crippen molar-refractivity contribution in [3.05, 3.63) is 24.2 Å². The Morgan fingerprint density at radius 1 is 1.31 bits per heavy atom. The minimum atomic E-state index is -0.0845. The lowest BCUT2D eigenvalue weighted by Crippen LogP contribution is -2.46. The third-order valence-electron chi connectivity index (χ3n) is 3.90. The lowest BCUT2D eigenvalue weighted by Gasteiger charge is -2.25. The highest BCUT2D eigenvalue weighted by Gasteiger charge is 2.25. The van der Waals surface area contributed by atoms with Crippen LogP contribution in [0.4, 0.5) is 0 Å². The Morgan fingerprint density at radius 2 is 2.12 bits per heavy atom. The zero-order valence-corrected chi connectivity index (χ0v) is 15.3. The van der Waals surface area contributed by atoms with Crippen LogP contribution in [0, 0.1) is 0 Å². The molecule has 2 N–H and O–H groups in total. The van der Waals surface area contributed by atoms with E-state index in [4.69, 9.17) is 9.15 Å². The molecule has 0 unspecified atom stereocenters. The van der Waals surface area contributed by atoms with Crippen LogP contribution in [0.1, 0.15) is 38.4 Å². The fraction of sp³-hybridized carbons (Fsp3) is 0.611. The van der Waals surface area contributed by atoms with E-state index in [1.54, 1.807) is 6.26 Å². The van der Waals surface area contributed by atoms with Gasteiger partial charge >= 0.3 is 0 Å². The van der Waals surface area contributed by atoms with Crippen LogP contribution in [-0.2, 0) is 20.9 Å². The first-order valence-electron chi connectivity index (χ1n) is 9.16. The average molecular weight is 364 g/mol. The summed E-state index contributed by atoms with van der Waals surface area (Å²) in [6, 6.07) is 3.71. The van der Waals surface area contributed by atoms with Crippen molar-refractivity contribution in [2.24, 2.45) is 4.99 Å². The highest BCUT2D eigenvalue weighted by atomic mass is 16.5. The monoisotopic (exact) mass is 364 g/mol. The normalized spacial score (nSPS) is 15.4. The number of amides is 2. The Bertz CT molecular complexity index is 570. The van der Waals surface area contributed by atoms with Gasteiger partial charge in [0.05, 0.1) is 6.26 Å². The van der Waals surface area contributed by atoms with Crippen molar-refractivity contribution in [2.45, 2.75) is 39.2 Å².